The molecular weight excluding hydrogens is 250 g/mol. The molecule has 20 heavy (non-hydrogen) atoms. The second kappa shape index (κ2) is 11.9. The molecular formula is C17H29NO2. The quantitative estimate of drug-likeness (QED) is 0.515. The Morgan fingerprint density at radius 3 is 2.25 bits per heavy atom. The average Bonchev–Trinajstić information content (AvgIpc) is 2.50. The lowest BCUT2D eigenvalue weighted by Gasteiger charge is -2.08. The van der Waals surface area contributed by atoms with Crippen LogP contribution in [0.1, 0.15) is 44.1 Å². The molecule has 0 aliphatic carbocycles. The van der Waals surface area contributed by atoms with Crippen molar-refractivity contribution in [3.05, 3.63) is 35.9 Å². The summed E-state index contributed by atoms with van der Waals surface area (Å²) in [5, 5.41) is 20.9. The van der Waals surface area contributed by atoms with Gasteiger partial charge in [-0.15, -0.1) is 0 Å². The summed E-state index contributed by atoms with van der Waals surface area (Å²) in [4.78, 5) is 0. The number of aryl methyl sites for hydroxylation is 1. The molecule has 0 saturated heterocycles. The van der Waals surface area contributed by atoms with Crippen molar-refractivity contribution in [2.45, 2.75) is 51.0 Å². The number of benzene rings is 1. The van der Waals surface area contributed by atoms with Gasteiger partial charge in [0, 0.05) is 6.54 Å². The summed E-state index contributed by atoms with van der Waals surface area (Å²) in [6.07, 6.45) is 8.17. The maximum atomic E-state index is 9.14. The lowest BCUT2D eigenvalue weighted by molar-refractivity contribution is 0.0945. The largest absolute Gasteiger partial charge is 0.394 e. The standard InChI is InChI=1S/C17H29NO2/c19-15-17(20)14-18-13-9-4-2-1-3-6-10-16-11-7-5-8-12-16/h5,7-8,11-12,17-20H,1-4,6,9-10,13-15H2. The van der Waals surface area contributed by atoms with Crippen molar-refractivity contribution in [1.29, 1.82) is 0 Å². The normalized spacial score (nSPS) is 12.5. The van der Waals surface area contributed by atoms with E-state index in [4.69, 9.17) is 10.2 Å². The van der Waals surface area contributed by atoms with Crippen LogP contribution in [0.25, 0.3) is 0 Å². The van der Waals surface area contributed by atoms with Crippen LogP contribution in [0.3, 0.4) is 0 Å². The molecule has 1 rings (SSSR count). The molecule has 0 aromatic heterocycles. The Morgan fingerprint density at radius 1 is 0.900 bits per heavy atom. The van der Waals surface area contributed by atoms with E-state index >= 15 is 0 Å². The summed E-state index contributed by atoms with van der Waals surface area (Å²) in [6.45, 7) is 1.27. The number of nitrogens with one attached hydrogen (secondary N) is 1. The van der Waals surface area contributed by atoms with Crippen molar-refractivity contribution in [3.63, 3.8) is 0 Å². The van der Waals surface area contributed by atoms with Crippen LogP contribution in [0.5, 0.6) is 0 Å². The van der Waals surface area contributed by atoms with Gasteiger partial charge in [0.05, 0.1) is 12.7 Å². The number of rotatable bonds is 12. The molecule has 0 spiro atoms. The fraction of sp³-hybridized carbons (Fsp3) is 0.647. The highest BCUT2D eigenvalue weighted by molar-refractivity contribution is 5.14. The second-order valence-electron chi connectivity index (χ2n) is 5.40. The molecule has 1 aromatic carbocycles. The topological polar surface area (TPSA) is 52.5 Å². The summed E-state index contributed by atoms with van der Waals surface area (Å²) >= 11 is 0. The van der Waals surface area contributed by atoms with E-state index in [-0.39, 0.29) is 6.61 Å². The highest BCUT2D eigenvalue weighted by atomic mass is 16.3. The minimum Gasteiger partial charge on any atom is -0.394 e. The van der Waals surface area contributed by atoms with Gasteiger partial charge in [-0.25, -0.2) is 0 Å². The highest BCUT2D eigenvalue weighted by Crippen LogP contribution is 2.09. The Hall–Kier alpha value is -0.900. The lowest BCUT2D eigenvalue weighted by atomic mass is 10.1. The zero-order valence-electron chi connectivity index (χ0n) is 12.4. The molecule has 0 radical (unpaired) electrons. The van der Waals surface area contributed by atoms with Gasteiger partial charge >= 0.3 is 0 Å². The van der Waals surface area contributed by atoms with Crippen LogP contribution in [0.2, 0.25) is 0 Å². The number of hydrogen-bond acceptors (Lipinski definition) is 3. The zero-order chi connectivity index (χ0) is 14.5. The van der Waals surface area contributed by atoms with E-state index in [0.717, 1.165) is 13.0 Å². The van der Waals surface area contributed by atoms with Gasteiger partial charge in [-0.05, 0) is 31.4 Å². The van der Waals surface area contributed by atoms with Crippen molar-refractivity contribution in [2.24, 2.45) is 0 Å². The van der Waals surface area contributed by atoms with E-state index in [1.807, 2.05) is 0 Å². The third-order valence-corrected chi connectivity index (χ3v) is 3.50. The van der Waals surface area contributed by atoms with E-state index < -0.39 is 6.10 Å². The molecule has 0 bridgehead atoms. The summed E-state index contributed by atoms with van der Waals surface area (Å²) in [6, 6.07) is 10.7. The number of aliphatic hydroxyl groups is 2. The van der Waals surface area contributed by atoms with Gasteiger partial charge in [-0.2, -0.15) is 0 Å². The van der Waals surface area contributed by atoms with Crippen LogP contribution in [0.4, 0.5) is 0 Å². The van der Waals surface area contributed by atoms with Crippen molar-refractivity contribution >= 4 is 0 Å². The maximum Gasteiger partial charge on any atom is 0.0894 e. The molecule has 0 fully saturated rings. The molecule has 1 aromatic rings. The maximum absolute atomic E-state index is 9.14. The van der Waals surface area contributed by atoms with E-state index in [0.29, 0.717) is 6.54 Å². The first-order valence-electron chi connectivity index (χ1n) is 7.86. The van der Waals surface area contributed by atoms with E-state index in [9.17, 15) is 0 Å². The van der Waals surface area contributed by atoms with Gasteiger partial charge in [0.25, 0.3) is 0 Å². The van der Waals surface area contributed by atoms with E-state index in [1.165, 1.54) is 44.1 Å². The Labute approximate surface area is 123 Å². The first kappa shape index (κ1) is 17.2. The monoisotopic (exact) mass is 279 g/mol. The third kappa shape index (κ3) is 9.08. The summed E-state index contributed by atoms with van der Waals surface area (Å²) < 4.78 is 0. The van der Waals surface area contributed by atoms with Gasteiger partial charge in [0.2, 0.25) is 0 Å². The predicted octanol–water partition coefficient (Wildman–Crippen LogP) is 2.51. The summed E-state index contributed by atoms with van der Waals surface area (Å²) in [5.74, 6) is 0. The number of aliphatic hydroxyl groups excluding tert-OH is 2. The van der Waals surface area contributed by atoms with Gasteiger partial charge in [0.15, 0.2) is 0 Å². The van der Waals surface area contributed by atoms with Gasteiger partial charge in [-0.1, -0.05) is 56.0 Å². The molecule has 3 nitrogen and oxygen atoms in total. The van der Waals surface area contributed by atoms with Crippen LogP contribution >= 0.6 is 0 Å². The zero-order valence-corrected chi connectivity index (χ0v) is 12.4. The molecule has 0 saturated carbocycles. The molecule has 0 heterocycles. The number of hydrogen-bond donors (Lipinski definition) is 3. The Kier molecular flexibility index (Phi) is 10.2. The SMILES string of the molecule is OCC(O)CNCCCCCCCCc1ccccc1. The molecule has 1 unspecified atom stereocenters. The minimum absolute atomic E-state index is 0.158. The molecule has 1 atom stereocenters. The molecule has 3 N–H and O–H groups in total. The third-order valence-electron chi connectivity index (χ3n) is 3.50. The van der Waals surface area contributed by atoms with Crippen LogP contribution < -0.4 is 5.32 Å². The molecule has 0 aliphatic rings. The smallest absolute Gasteiger partial charge is 0.0894 e. The fourth-order valence-corrected chi connectivity index (χ4v) is 2.26. The summed E-state index contributed by atoms with van der Waals surface area (Å²) in [7, 11) is 0. The number of unbranched alkanes of at least 4 members (excludes halogenated alkanes) is 5. The Bertz CT molecular complexity index is 316. The first-order valence-corrected chi connectivity index (χ1v) is 7.86. The molecule has 114 valence electrons. The lowest BCUT2D eigenvalue weighted by Crippen LogP contribution is -2.29. The molecule has 0 amide bonds. The predicted molar refractivity (Wildman–Crippen MR) is 83.8 cm³/mol. The Morgan fingerprint density at radius 2 is 1.55 bits per heavy atom. The van der Waals surface area contributed by atoms with Crippen molar-refractivity contribution in [2.75, 3.05) is 19.7 Å². The van der Waals surface area contributed by atoms with Crippen molar-refractivity contribution in [3.8, 4) is 0 Å². The van der Waals surface area contributed by atoms with E-state index in [2.05, 4.69) is 35.6 Å². The van der Waals surface area contributed by atoms with E-state index in [1.54, 1.807) is 0 Å². The Balaban J connectivity index is 1.81. The van der Waals surface area contributed by atoms with Crippen LogP contribution in [0.15, 0.2) is 30.3 Å². The fourth-order valence-electron chi connectivity index (χ4n) is 2.26. The van der Waals surface area contributed by atoms with Crippen LogP contribution in [0, 0.1) is 0 Å². The van der Waals surface area contributed by atoms with Crippen molar-refractivity contribution in [1.82, 2.24) is 5.32 Å². The highest BCUT2D eigenvalue weighted by Gasteiger charge is 1.99. The van der Waals surface area contributed by atoms with Crippen LogP contribution in [-0.4, -0.2) is 36.0 Å². The molecule has 0 aliphatic heterocycles. The molecule has 3 heteroatoms. The van der Waals surface area contributed by atoms with Crippen LogP contribution in [-0.2, 0) is 6.42 Å². The van der Waals surface area contributed by atoms with Gasteiger partial charge in [-0.3, -0.25) is 0 Å². The summed E-state index contributed by atoms with van der Waals surface area (Å²) in [5.41, 5.74) is 1.44. The first-order chi connectivity index (χ1) is 9.83. The second-order valence-corrected chi connectivity index (χ2v) is 5.40. The van der Waals surface area contributed by atoms with Gasteiger partial charge < -0.3 is 15.5 Å². The average molecular weight is 279 g/mol. The minimum atomic E-state index is -0.618. The van der Waals surface area contributed by atoms with Crippen molar-refractivity contribution < 1.29 is 10.2 Å². The van der Waals surface area contributed by atoms with Gasteiger partial charge in [0.1, 0.15) is 0 Å².